The van der Waals surface area contributed by atoms with Gasteiger partial charge in [0, 0.05) is 16.4 Å². The van der Waals surface area contributed by atoms with Gasteiger partial charge in [0.05, 0.1) is 6.20 Å². The van der Waals surface area contributed by atoms with E-state index in [0.717, 1.165) is 11.4 Å². The summed E-state index contributed by atoms with van der Waals surface area (Å²) in [6, 6.07) is 15.5. The van der Waals surface area contributed by atoms with Gasteiger partial charge in [-0.15, -0.1) is 5.10 Å². The van der Waals surface area contributed by atoms with Gasteiger partial charge >= 0.3 is 0 Å². The molecule has 6 heteroatoms. The van der Waals surface area contributed by atoms with Gasteiger partial charge in [-0.25, -0.2) is 0 Å². The molecule has 1 aromatic heterocycles. The smallest absolute Gasteiger partial charge is 0.249 e. The van der Waals surface area contributed by atoms with Crippen molar-refractivity contribution < 1.29 is 0 Å². The van der Waals surface area contributed by atoms with Crippen molar-refractivity contribution in [3.05, 3.63) is 65.3 Å². The van der Waals surface area contributed by atoms with E-state index in [2.05, 4.69) is 52.7 Å². The number of benzene rings is 2. The van der Waals surface area contributed by atoms with E-state index in [1.165, 1.54) is 5.56 Å². The third-order valence-electron chi connectivity index (χ3n) is 3.66. The molecule has 0 aliphatic heterocycles. The number of hydrogen-bond donors (Lipinski definition) is 2. The lowest BCUT2D eigenvalue weighted by Gasteiger charge is -2.22. The highest BCUT2D eigenvalue weighted by atomic mass is 35.5. The van der Waals surface area contributed by atoms with Crippen LogP contribution in [-0.4, -0.2) is 15.2 Å². The zero-order chi connectivity index (χ0) is 17.9. The number of anilines is 4. The molecule has 0 unspecified atom stereocenters. The summed E-state index contributed by atoms with van der Waals surface area (Å²) >= 11 is 5.91. The summed E-state index contributed by atoms with van der Waals surface area (Å²) < 4.78 is 0. The molecule has 0 aliphatic rings. The van der Waals surface area contributed by atoms with E-state index in [0.29, 0.717) is 16.8 Å². The molecule has 2 N–H and O–H groups in total. The fraction of sp³-hybridized carbons (Fsp3) is 0.211. The van der Waals surface area contributed by atoms with Crippen LogP contribution < -0.4 is 10.6 Å². The number of halogens is 1. The van der Waals surface area contributed by atoms with Crippen LogP contribution in [0, 0.1) is 0 Å². The Balaban J connectivity index is 1.82. The molecule has 0 aliphatic carbocycles. The molecule has 0 bridgehead atoms. The first-order chi connectivity index (χ1) is 11.9. The van der Waals surface area contributed by atoms with E-state index in [1.54, 1.807) is 6.20 Å². The van der Waals surface area contributed by atoms with Crippen molar-refractivity contribution in [3.8, 4) is 0 Å². The summed E-state index contributed by atoms with van der Waals surface area (Å²) in [5.74, 6) is 1.05. The molecule has 0 atom stereocenters. The minimum absolute atomic E-state index is 0.0101. The Morgan fingerprint density at radius 1 is 0.920 bits per heavy atom. The molecule has 0 radical (unpaired) electrons. The molecule has 25 heavy (non-hydrogen) atoms. The van der Waals surface area contributed by atoms with Crippen LogP contribution in [0.2, 0.25) is 5.02 Å². The molecule has 0 saturated heterocycles. The number of para-hydroxylation sites is 1. The molecule has 2 aromatic carbocycles. The molecule has 0 amide bonds. The number of rotatable bonds is 4. The van der Waals surface area contributed by atoms with Gasteiger partial charge in [0.25, 0.3) is 0 Å². The summed E-state index contributed by atoms with van der Waals surface area (Å²) in [6.07, 6.45) is 1.58. The molecule has 3 aromatic rings. The highest BCUT2D eigenvalue weighted by Crippen LogP contribution is 2.30. The van der Waals surface area contributed by atoms with E-state index in [4.69, 9.17) is 11.6 Å². The highest BCUT2D eigenvalue weighted by Gasteiger charge is 2.18. The SMILES string of the molecule is CC(C)(C)c1ccccc1Nc1nncc(Nc2ccc(Cl)cc2)n1. The van der Waals surface area contributed by atoms with Gasteiger partial charge in [0.1, 0.15) is 0 Å². The number of nitrogens with zero attached hydrogens (tertiary/aromatic N) is 3. The van der Waals surface area contributed by atoms with E-state index < -0.39 is 0 Å². The molecule has 0 spiro atoms. The summed E-state index contributed by atoms with van der Waals surface area (Å²) in [5.41, 5.74) is 3.05. The molecule has 1 heterocycles. The van der Waals surface area contributed by atoms with Crippen LogP contribution in [0.25, 0.3) is 0 Å². The van der Waals surface area contributed by atoms with Crippen molar-refractivity contribution in [2.45, 2.75) is 26.2 Å². The van der Waals surface area contributed by atoms with E-state index in [-0.39, 0.29) is 5.41 Å². The Labute approximate surface area is 152 Å². The Bertz CT molecular complexity index is 856. The second-order valence-electron chi connectivity index (χ2n) is 6.72. The molecular formula is C19H20ClN5. The predicted molar refractivity (Wildman–Crippen MR) is 103 cm³/mol. The predicted octanol–water partition coefficient (Wildman–Crippen LogP) is 5.31. The first-order valence-corrected chi connectivity index (χ1v) is 8.38. The minimum Gasteiger partial charge on any atom is -0.339 e. The van der Waals surface area contributed by atoms with Crippen molar-refractivity contribution in [1.82, 2.24) is 15.2 Å². The van der Waals surface area contributed by atoms with Crippen molar-refractivity contribution in [3.63, 3.8) is 0 Å². The molecule has 5 nitrogen and oxygen atoms in total. The normalized spacial score (nSPS) is 11.2. The van der Waals surface area contributed by atoms with Crippen molar-refractivity contribution in [2.24, 2.45) is 0 Å². The largest absolute Gasteiger partial charge is 0.339 e. The summed E-state index contributed by atoms with van der Waals surface area (Å²) in [4.78, 5) is 4.48. The molecule has 3 rings (SSSR count). The van der Waals surface area contributed by atoms with Gasteiger partial charge < -0.3 is 10.6 Å². The minimum atomic E-state index is 0.0101. The fourth-order valence-electron chi connectivity index (χ4n) is 2.46. The maximum Gasteiger partial charge on any atom is 0.249 e. The second kappa shape index (κ2) is 7.07. The highest BCUT2D eigenvalue weighted by molar-refractivity contribution is 6.30. The Morgan fingerprint density at radius 3 is 2.36 bits per heavy atom. The van der Waals surface area contributed by atoms with Crippen LogP contribution in [0.4, 0.5) is 23.1 Å². The average molecular weight is 354 g/mol. The van der Waals surface area contributed by atoms with Crippen molar-refractivity contribution in [2.75, 3.05) is 10.6 Å². The van der Waals surface area contributed by atoms with Crippen LogP contribution in [0.3, 0.4) is 0 Å². The number of aromatic nitrogens is 3. The molecular weight excluding hydrogens is 334 g/mol. The van der Waals surface area contributed by atoms with Crippen molar-refractivity contribution in [1.29, 1.82) is 0 Å². The van der Waals surface area contributed by atoms with Crippen LogP contribution >= 0.6 is 11.6 Å². The number of nitrogens with one attached hydrogen (secondary N) is 2. The first-order valence-electron chi connectivity index (χ1n) is 8.01. The standard InChI is InChI=1S/C19H20ClN5/c1-19(2,3)15-6-4-5-7-16(15)23-18-24-17(12-21-25-18)22-14-10-8-13(20)9-11-14/h4-12H,1-3H3,(H2,22,23,24,25). The fourth-order valence-corrected chi connectivity index (χ4v) is 2.59. The summed E-state index contributed by atoms with van der Waals surface area (Å²) in [6.45, 7) is 6.52. The Morgan fingerprint density at radius 2 is 1.64 bits per heavy atom. The lowest BCUT2D eigenvalue weighted by Crippen LogP contribution is -2.14. The second-order valence-corrected chi connectivity index (χ2v) is 7.15. The Kier molecular flexibility index (Phi) is 4.86. The van der Waals surface area contributed by atoms with Gasteiger partial charge in [-0.05, 0) is 41.3 Å². The maximum atomic E-state index is 5.91. The zero-order valence-electron chi connectivity index (χ0n) is 14.4. The molecule has 0 saturated carbocycles. The molecule has 128 valence electrons. The van der Waals surface area contributed by atoms with Crippen molar-refractivity contribution >= 4 is 34.7 Å². The van der Waals surface area contributed by atoms with E-state index >= 15 is 0 Å². The maximum absolute atomic E-state index is 5.91. The zero-order valence-corrected chi connectivity index (χ0v) is 15.2. The van der Waals surface area contributed by atoms with Crippen LogP contribution in [0.15, 0.2) is 54.7 Å². The quantitative estimate of drug-likeness (QED) is 0.665. The van der Waals surface area contributed by atoms with Gasteiger partial charge in [-0.1, -0.05) is 50.6 Å². The lowest BCUT2D eigenvalue weighted by molar-refractivity contribution is 0.592. The molecule has 0 fully saturated rings. The van der Waals surface area contributed by atoms with Crippen LogP contribution in [0.5, 0.6) is 0 Å². The van der Waals surface area contributed by atoms with E-state index in [9.17, 15) is 0 Å². The van der Waals surface area contributed by atoms with Gasteiger partial charge in [0.15, 0.2) is 5.82 Å². The van der Waals surface area contributed by atoms with Gasteiger partial charge in [-0.2, -0.15) is 10.1 Å². The third kappa shape index (κ3) is 4.45. The summed E-state index contributed by atoms with van der Waals surface area (Å²) in [5, 5.41) is 15.2. The first kappa shape index (κ1) is 17.2. The lowest BCUT2D eigenvalue weighted by atomic mass is 9.86. The topological polar surface area (TPSA) is 62.7 Å². The van der Waals surface area contributed by atoms with E-state index in [1.807, 2.05) is 42.5 Å². The third-order valence-corrected chi connectivity index (χ3v) is 3.91. The Hall–Kier alpha value is -2.66. The van der Waals surface area contributed by atoms with Gasteiger partial charge in [0.2, 0.25) is 5.95 Å². The van der Waals surface area contributed by atoms with Gasteiger partial charge in [-0.3, -0.25) is 0 Å². The number of hydrogen-bond acceptors (Lipinski definition) is 5. The van der Waals surface area contributed by atoms with Crippen LogP contribution in [-0.2, 0) is 5.41 Å². The monoisotopic (exact) mass is 353 g/mol. The summed E-state index contributed by atoms with van der Waals surface area (Å²) in [7, 11) is 0. The van der Waals surface area contributed by atoms with Crippen LogP contribution in [0.1, 0.15) is 26.3 Å². The average Bonchev–Trinajstić information content (AvgIpc) is 2.57.